The van der Waals surface area contributed by atoms with E-state index in [2.05, 4.69) is 15.6 Å². The fourth-order valence-electron chi connectivity index (χ4n) is 2.92. The molecule has 0 saturated heterocycles. The monoisotopic (exact) mass is 513 g/mol. The van der Waals surface area contributed by atoms with Gasteiger partial charge in [-0.05, 0) is 36.2 Å². The lowest BCUT2D eigenvalue weighted by molar-refractivity contribution is 0.297. The van der Waals surface area contributed by atoms with Crippen molar-refractivity contribution < 1.29 is 18.9 Å². The molecule has 0 spiro atoms. The summed E-state index contributed by atoms with van der Waals surface area (Å²) in [6, 6.07) is 11.7. The molecule has 1 aliphatic rings. The van der Waals surface area contributed by atoms with Crippen molar-refractivity contribution in [1.29, 1.82) is 0 Å². The van der Waals surface area contributed by atoms with Crippen LogP contribution in [-0.2, 0) is 6.42 Å². The van der Waals surface area contributed by atoms with Crippen molar-refractivity contribution in [3.05, 3.63) is 42.0 Å². The van der Waals surface area contributed by atoms with Gasteiger partial charge in [-0.15, -0.1) is 24.0 Å². The molecule has 0 atom stereocenters. The van der Waals surface area contributed by atoms with Gasteiger partial charge in [-0.25, -0.2) is 0 Å². The number of aliphatic imine (C=N–C) groups is 1. The third-order valence-electron chi connectivity index (χ3n) is 4.39. The molecule has 1 aliphatic heterocycles. The van der Waals surface area contributed by atoms with Crippen LogP contribution >= 0.6 is 24.0 Å². The number of nitrogens with zero attached hydrogens (tertiary/aromatic N) is 1. The number of nitrogens with one attached hydrogen (secondary N) is 2. The summed E-state index contributed by atoms with van der Waals surface area (Å²) in [4.78, 5) is 4.28. The van der Waals surface area contributed by atoms with Gasteiger partial charge in [0, 0.05) is 31.8 Å². The molecule has 3 rings (SSSR count). The van der Waals surface area contributed by atoms with Gasteiger partial charge in [-0.1, -0.05) is 6.07 Å². The van der Waals surface area contributed by atoms with Gasteiger partial charge < -0.3 is 29.6 Å². The first-order valence-corrected chi connectivity index (χ1v) is 9.31. The zero-order valence-electron chi connectivity index (χ0n) is 17.0. The van der Waals surface area contributed by atoms with E-state index in [9.17, 15) is 0 Å². The summed E-state index contributed by atoms with van der Waals surface area (Å²) >= 11 is 0. The summed E-state index contributed by atoms with van der Waals surface area (Å²) in [5, 5.41) is 6.60. The molecule has 0 saturated carbocycles. The van der Waals surface area contributed by atoms with Crippen molar-refractivity contribution in [2.45, 2.75) is 12.8 Å². The fraction of sp³-hybridized carbons (Fsp3) is 0.381. The highest BCUT2D eigenvalue weighted by atomic mass is 127. The van der Waals surface area contributed by atoms with E-state index in [0.717, 1.165) is 53.6 Å². The number of halogens is 1. The summed E-state index contributed by atoms with van der Waals surface area (Å²) < 4.78 is 22.0. The van der Waals surface area contributed by atoms with E-state index in [0.29, 0.717) is 19.2 Å². The molecular formula is C21H28IN3O4. The first kappa shape index (κ1) is 22.9. The molecule has 7 nitrogen and oxygen atoms in total. The van der Waals surface area contributed by atoms with Gasteiger partial charge in [0.2, 0.25) is 0 Å². The van der Waals surface area contributed by atoms with Gasteiger partial charge in [0.25, 0.3) is 0 Å². The molecule has 2 N–H and O–H groups in total. The normalized spacial score (nSPS) is 13.0. The van der Waals surface area contributed by atoms with Crippen LogP contribution in [0.5, 0.6) is 23.0 Å². The maximum atomic E-state index is 5.74. The van der Waals surface area contributed by atoms with Crippen LogP contribution in [0, 0.1) is 0 Å². The van der Waals surface area contributed by atoms with Crippen molar-refractivity contribution in [2.75, 3.05) is 46.3 Å². The molecule has 158 valence electrons. The van der Waals surface area contributed by atoms with Crippen molar-refractivity contribution in [3.63, 3.8) is 0 Å². The molecule has 2 aromatic rings. The SMILES string of the molecule is CN=C(NCCc1ccc(OC)c(OC)c1)Nc1ccc2c(c1)OCCCO2.I. The number of anilines is 1. The van der Waals surface area contributed by atoms with Crippen molar-refractivity contribution >= 4 is 35.6 Å². The second-order valence-corrected chi connectivity index (χ2v) is 6.28. The number of methoxy groups -OCH3 is 2. The largest absolute Gasteiger partial charge is 0.493 e. The number of rotatable bonds is 6. The van der Waals surface area contributed by atoms with Crippen LogP contribution in [0.3, 0.4) is 0 Å². The lowest BCUT2D eigenvalue weighted by atomic mass is 10.1. The number of fused-ring (bicyclic) bond motifs is 1. The van der Waals surface area contributed by atoms with Crippen LogP contribution < -0.4 is 29.6 Å². The summed E-state index contributed by atoms with van der Waals surface area (Å²) in [6.45, 7) is 2.06. The maximum absolute atomic E-state index is 5.74. The van der Waals surface area contributed by atoms with E-state index in [-0.39, 0.29) is 24.0 Å². The Balaban J connectivity index is 0.00000300. The molecule has 0 fully saturated rings. The zero-order valence-corrected chi connectivity index (χ0v) is 19.3. The Hall–Kier alpha value is -2.36. The smallest absolute Gasteiger partial charge is 0.195 e. The van der Waals surface area contributed by atoms with Gasteiger partial charge >= 0.3 is 0 Å². The number of guanidine groups is 1. The summed E-state index contributed by atoms with van der Waals surface area (Å²) in [6.07, 6.45) is 1.71. The van der Waals surface area contributed by atoms with Crippen molar-refractivity contribution in [1.82, 2.24) is 5.32 Å². The Morgan fingerprint density at radius 1 is 1.00 bits per heavy atom. The standard InChI is InChI=1S/C21H27N3O4.HI/c1-22-21(23-10-9-15-5-7-17(25-2)19(13-15)26-3)24-16-6-8-18-20(14-16)28-12-4-11-27-18;/h5-8,13-14H,4,9-12H2,1-3H3,(H2,22,23,24);1H. The van der Waals surface area contributed by atoms with Crippen molar-refractivity contribution in [2.24, 2.45) is 4.99 Å². The Kier molecular flexibility index (Phi) is 9.17. The van der Waals surface area contributed by atoms with E-state index < -0.39 is 0 Å². The Morgan fingerprint density at radius 2 is 1.76 bits per heavy atom. The maximum Gasteiger partial charge on any atom is 0.195 e. The first-order chi connectivity index (χ1) is 13.7. The van der Waals surface area contributed by atoms with E-state index in [1.165, 1.54) is 0 Å². The van der Waals surface area contributed by atoms with Gasteiger partial charge in [-0.3, -0.25) is 4.99 Å². The van der Waals surface area contributed by atoms with Crippen LogP contribution in [-0.4, -0.2) is 47.0 Å². The lowest BCUT2D eigenvalue weighted by Crippen LogP contribution is -2.32. The number of ether oxygens (including phenoxy) is 4. The van der Waals surface area contributed by atoms with Crippen LogP contribution in [0.25, 0.3) is 0 Å². The summed E-state index contributed by atoms with van der Waals surface area (Å²) in [7, 11) is 5.02. The van der Waals surface area contributed by atoms with Gasteiger partial charge in [0.1, 0.15) is 0 Å². The summed E-state index contributed by atoms with van der Waals surface area (Å²) in [5.41, 5.74) is 2.04. The predicted octanol–water partition coefficient (Wildman–Crippen LogP) is 3.71. The van der Waals surface area contributed by atoms with Crippen LogP contribution in [0.2, 0.25) is 0 Å². The minimum absolute atomic E-state index is 0. The third kappa shape index (κ3) is 6.31. The van der Waals surface area contributed by atoms with Gasteiger partial charge in [0.15, 0.2) is 29.0 Å². The lowest BCUT2D eigenvalue weighted by Gasteiger charge is -2.14. The number of hydrogen-bond acceptors (Lipinski definition) is 5. The topological polar surface area (TPSA) is 73.3 Å². The quantitative estimate of drug-likeness (QED) is 0.349. The molecular weight excluding hydrogens is 485 g/mol. The molecule has 0 aromatic heterocycles. The minimum atomic E-state index is 0. The van der Waals surface area contributed by atoms with Crippen LogP contribution in [0.1, 0.15) is 12.0 Å². The third-order valence-corrected chi connectivity index (χ3v) is 4.39. The van der Waals surface area contributed by atoms with Gasteiger partial charge in [0.05, 0.1) is 27.4 Å². The van der Waals surface area contributed by atoms with Crippen LogP contribution in [0.4, 0.5) is 5.69 Å². The highest BCUT2D eigenvalue weighted by molar-refractivity contribution is 14.0. The van der Waals surface area contributed by atoms with E-state index >= 15 is 0 Å². The highest BCUT2D eigenvalue weighted by Crippen LogP contribution is 2.32. The Labute approximate surface area is 188 Å². The second kappa shape index (κ2) is 11.6. The molecule has 0 aliphatic carbocycles. The average molecular weight is 513 g/mol. The molecule has 8 heteroatoms. The zero-order chi connectivity index (χ0) is 19.8. The van der Waals surface area contributed by atoms with E-state index in [1.54, 1.807) is 21.3 Å². The average Bonchev–Trinajstić information content (AvgIpc) is 2.97. The molecule has 2 aromatic carbocycles. The summed E-state index contributed by atoms with van der Waals surface area (Å²) in [5.74, 6) is 3.68. The molecule has 0 radical (unpaired) electrons. The Bertz CT molecular complexity index is 830. The predicted molar refractivity (Wildman–Crippen MR) is 126 cm³/mol. The van der Waals surface area contributed by atoms with Crippen LogP contribution in [0.15, 0.2) is 41.4 Å². The Morgan fingerprint density at radius 3 is 2.48 bits per heavy atom. The highest BCUT2D eigenvalue weighted by Gasteiger charge is 2.11. The molecule has 0 unspecified atom stereocenters. The first-order valence-electron chi connectivity index (χ1n) is 9.31. The number of benzene rings is 2. The number of hydrogen-bond donors (Lipinski definition) is 2. The van der Waals surface area contributed by atoms with E-state index in [4.69, 9.17) is 18.9 Å². The van der Waals surface area contributed by atoms with E-state index in [1.807, 2.05) is 36.4 Å². The second-order valence-electron chi connectivity index (χ2n) is 6.28. The van der Waals surface area contributed by atoms with Gasteiger partial charge in [-0.2, -0.15) is 0 Å². The van der Waals surface area contributed by atoms with Crippen molar-refractivity contribution in [3.8, 4) is 23.0 Å². The minimum Gasteiger partial charge on any atom is -0.493 e. The fourth-order valence-corrected chi connectivity index (χ4v) is 2.92. The molecule has 0 amide bonds. The molecule has 1 heterocycles. The molecule has 0 bridgehead atoms. The molecule has 29 heavy (non-hydrogen) atoms.